The van der Waals surface area contributed by atoms with Gasteiger partial charge in [0, 0.05) is 64.1 Å². The molecular formula is C25H33F3N6O3. The Morgan fingerprint density at radius 2 is 1.92 bits per heavy atom. The van der Waals surface area contributed by atoms with E-state index in [1.54, 1.807) is 32.3 Å². The number of hydrogen-bond acceptors (Lipinski definition) is 7. The molecule has 2 amide bonds. The molecule has 2 aromatic heterocycles. The van der Waals surface area contributed by atoms with Gasteiger partial charge in [0.1, 0.15) is 18.5 Å². The highest BCUT2D eigenvalue weighted by Crippen LogP contribution is 2.37. The largest absolute Gasteiger partial charge is 0.405 e. The van der Waals surface area contributed by atoms with Crippen LogP contribution in [0.25, 0.3) is 0 Å². The second-order valence-corrected chi connectivity index (χ2v) is 8.44. The summed E-state index contributed by atoms with van der Waals surface area (Å²) in [5, 5.41) is 1.84. The number of carbonyl (C=O) groups is 3. The summed E-state index contributed by atoms with van der Waals surface area (Å²) in [6, 6.07) is 6.84. The van der Waals surface area contributed by atoms with E-state index < -0.39 is 18.6 Å². The molecule has 0 aliphatic carbocycles. The van der Waals surface area contributed by atoms with Crippen LogP contribution in [-0.2, 0) is 11.2 Å². The predicted octanol–water partition coefficient (Wildman–Crippen LogP) is 2.95. The zero-order valence-corrected chi connectivity index (χ0v) is 21.7. The Balaban J connectivity index is 0.000000263. The number of rotatable bonds is 5. The topological polar surface area (TPSA) is 98.7 Å². The first-order chi connectivity index (χ1) is 17.5. The predicted molar refractivity (Wildman–Crippen MR) is 135 cm³/mol. The smallest absolute Gasteiger partial charge is 0.366 e. The van der Waals surface area contributed by atoms with E-state index >= 15 is 0 Å². The van der Waals surface area contributed by atoms with Crippen LogP contribution in [0.15, 0.2) is 30.5 Å². The second-order valence-electron chi connectivity index (χ2n) is 8.44. The van der Waals surface area contributed by atoms with Gasteiger partial charge < -0.3 is 24.8 Å². The average molecular weight is 523 g/mol. The molecule has 12 heteroatoms. The van der Waals surface area contributed by atoms with E-state index in [0.717, 1.165) is 31.5 Å². The summed E-state index contributed by atoms with van der Waals surface area (Å²) in [4.78, 5) is 47.4. The number of alkyl halides is 3. The van der Waals surface area contributed by atoms with Crippen LogP contribution in [0.5, 0.6) is 0 Å². The minimum absolute atomic E-state index is 0.00681. The van der Waals surface area contributed by atoms with Crippen molar-refractivity contribution in [3.63, 3.8) is 0 Å². The molecule has 2 aromatic rings. The molecule has 0 saturated carbocycles. The van der Waals surface area contributed by atoms with Crippen LogP contribution < -0.4 is 15.1 Å². The lowest BCUT2D eigenvalue weighted by atomic mass is 10.2. The van der Waals surface area contributed by atoms with Crippen LogP contribution in [0.2, 0.25) is 0 Å². The summed E-state index contributed by atoms with van der Waals surface area (Å²) in [7, 11) is 5.26. The van der Waals surface area contributed by atoms with Gasteiger partial charge in [-0.05, 0) is 30.7 Å². The molecule has 1 fully saturated rings. The zero-order chi connectivity index (χ0) is 27.8. The van der Waals surface area contributed by atoms with Gasteiger partial charge in [0.05, 0.1) is 5.69 Å². The molecule has 2 bridgehead atoms. The molecule has 4 heterocycles. The SMILES string of the molecule is CC.CN(C)C(=O)c1ccnc(CC=O)c1.CN1c2nc(C(=O)NCC(F)(F)F)ccc2N2CCC1C2. The Morgan fingerprint density at radius 3 is 2.54 bits per heavy atom. The number of amides is 2. The lowest BCUT2D eigenvalue weighted by Gasteiger charge is -2.34. The van der Waals surface area contributed by atoms with Crippen LogP contribution in [-0.4, -0.2) is 86.0 Å². The highest BCUT2D eigenvalue weighted by molar-refractivity contribution is 5.94. The molecule has 1 N–H and O–H groups in total. The van der Waals surface area contributed by atoms with Gasteiger partial charge in [-0.3, -0.25) is 14.6 Å². The van der Waals surface area contributed by atoms with Gasteiger partial charge in [-0.2, -0.15) is 13.2 Å². The number of pyridine rings is 2. The molecular weight excluding hydrogens is 489 g/mol. The van der Waals surface area contributed by atoms with Crippen molar-refractivity contribution in [2.45, 2.75) is 38.9 Å². The van der Waals surface area contributed by atoms with Crippen LogP contribution in [0.4, 0.5) is 24.7 Å². The second kappa shape index (κ2) is 13.0. The van der Waals surface area contributed by atoms with Crippen LogP contribution in [0.1, 0.15) is 46.8 Å². The number of carbonyl (C=O) groups excluding carboxylic acids is 3. The summed E-state index contributed by atoms with van der Waals surface area (Å²) in [6.07, 6.45) is -0.857. The standard InChI is InChI=1S/C13H15F3N4O.C10H12N2O2.C2H6/c1-19-8-4-5-20(6-8)10-3-2-9(18-11(10)19)12(21)17-7-13(14,15)16;1-12(2)10(14)8-3-5-11-9(7-8)4-6-13;1-2/h2-3,8H,4-7H2,1H3,(H,17,21);3,5-7H,4H2,1-2H3;1-2H3. The van der Waals surface area contributed by atoms with Crippen molar-refractivity contribution >= 4 is 29.6 Å². The summed E-state index contributed by atoms with van der Waals surface area (Å²) >= 11 is 0. The van der Waals surface area contributed by atoms with Crippen molar-refractivity contribution in [2.24, 2.45) is 0 Å². The third-order valence-electron chi connectivity index (χ3n) is 5.68. The number of likely N-dealkylation sites (N-methyl/N-ethyl adjacent to an activating group) is 1. The van der Waals surface area contributed by atoms with Crippen LogP contribution in [0.3, 0.4) is 0 Å². The molecule has 1 unspecified atom stereocenters. The van der Waals surface area contributed by atoms with E-state index in [4.69, 9.17) is 0 Å². The summed E-state index contributed by atoms with van der Waals surface area (Å²) in [6.45, 7) is 4.50. The van der Waals surface area contributed by atoms with Crippen molar-refractivity contribution in [1.29, 1.82) is 0 Å². The first-order valence-electron chi connectivity index (χ1n) is 11.9. The van der Waals surface area contributed by atoms with E-state index in [1.165, 1.54) is 17.2 Å². The monoisotopic (exact) mass is 522 g/mol. The third kappa shape index (κ3) is 7.89. The highest BCUT2D eigenvalue weighted by Gasteiger charge is 2.35. The fourth-order valence-electron chi connectivity index (χ4n) is 3.86. The normalized spacial score (nSPS) is 15.4. The van der Waals surface area contributed by atoms with Crippen molar-refractivity contribution in [1.82, 2.24) is 20.2 Å². The Morgan fingerprint density at radius 1 is 1.22 bits per heavy atom. The van der Waals surface area contributed by atoms with Crippen LogP contribution in [0, 0.1) is 0 Å². The maximum absolute atomic E-state index is 12.1. The van der Waals surface area contributed by atoms with Crippen molar-refractivity contribution < 1.29 is 27.6 Å². The fourth-order valence-corrected chi connectivity index (χ4v) is 3.86. The lowest BCUT2D eigenvalue weighted by Crippen LogP contribution is -2.41. The van der Waals surface area contributed by atoms with Crippen LogP contribution >= 0.6 is 0 Å². The van der Waals surface area contributed by atoms with E-state index in [9.17, 15) is 27.6 Å². The highest BCUT2D eigenvalue weighted by atomic mass is 19.4. The van der Waals surface area contributed by atoms with E-state index in [2.05, 4.69) is 14.9 Å². The van der Waals surface area contributed by atoms with Crippen molar-refractivity contribution in [3.05, 3.63) is 47.4 Å². The number of nitrogens with one attached hydrogen (secondary N) is 1. The summed E-state index contributed by atoms with van der Waals surface area (Å²) < 4.78 is 36.4. The summed E-state index contributed by atoms with van der Waals surface area (Å²) in [5.41, 5.74) is 2.11. The van der Waals surface area contributed by atoms with Gasteiger partial charge in [-0.15, -0.1) is 0 Å². The molecule has 1 atom stereocenters. The molecule has 37 heavy (non-hydrogen) atoms. The van der Waals surface area contributed by atoms with Gasteiger partial charge in [0.15, 0.2) is 5.82 Å². The number of anilines is 2. The van der Waals surface area contributed by atoms with Gasteiger partial charge in [-0.25, -0.2) is 4.98 Å². The van der Waals surface area contributed by atoms with Gasteiger partial charge in [-0.1, -0.05) is 13.8 Å². The van der Waals surface area contributed by atoms with Crippen molar-refractivity contribution in [2.75, 3.05) is 50.6 Å². The maximum Gasteiger partial charge on any atom is 0.405 e. The maximum atomic E-state index is 12.1. The Bertz CT molecular complexity index is 1090. The molecule has 4 rings (SSSR count). The minimum Gasteiger partial charge on any atom is -0.366 e. The van der Waals surface area contributed by atoms with E-state index in [-0.39, 0.29) is 18.0 Å². The first-order valence-corrected chi connectivity index (χ1v) is 11.9. The molecule has 0 spiro atoms. The molecule has 1 saturated heterocycles. The van der Waals surface area contributed by atoms with Gasteiger partial charge in [0.2, 0.25) is 0 Å². The first kappa shape index (κ1) is 29.5. The summed E-state index contributed by atoms with van der Waals surface area (Å²) in [5.74, 6) is -0.237. The Kier molecular flexibility index (Phi) is 10.4. The lowest BCUT2D eigenvalue weighted by molar-refractivity contribution is -0.123. The van der Waals surface area contributed by atoms with Gasteiger partial charge >= 0.3 is 6.18 Å². The molecule has 0 radical (unpaired) electrons. The Labute approximate surface area is 214 Å². The number of fused-ring (bicyclic) bond motifs is 4. The third-order valence-corrected chi connectivity index (χ3v) is 5.68. The number of aldehydes is 1. The molecule has 9 nitrogen and oxygen atoms in total. The quantitative estimate of drug-likeness (QED) is 0.603. The van der Waals surface area contributed by atoms with Gasteiger partial charge in [0.25, 0.3) is 11.8 Å². The number of halogens is 3. The zero-order valence-electron chi connectivity index (χ0n) is 21.7. The van der Waals surface area contributed by atoms with E-state index in [1.807, 2.05) is 31.1 Å². The molecule has 2 aliphatic rings. The molecule has 0 aromatic carbocycles. The average Bonchev–Trinajstić information content (AvgIpc) is 3.33. The molecule has 202 valence electrons. The fraction of sp³-hybridized carbons (Fsp3) is 0.480. The number of hydrogen-bond donors (Lipinski definition) is 1. The minimum atomic E-state index is -4.43. The van der Waals surface area contributed by atoms with Crippen molar-refractivity contribution in [3.8, 4) is 0 Å². The number of nitrogens with zero attached hydrogens (tertiary/aromatic N) is 5. The number of aromatic nitrogens is 2. The Hall–Kier alpha value is -3.70. The van der Waals surface area contributed by atoms with E-state index in [0.29, 0.717) is 23.1 Å². The molecule has 2 aliphatic heterocycles.